The summed E-state index contributed by atoms with van der Waals surface area (Å²) in [5.74, 6) is 0. The minimum Gasteiger partial charge on any atom is -0.378 e. The lowest BCUT2D eigenvalue weighted by atomic mass is 10.3. The van der Waals surface area contributed by atoms with Crippen LogP contribution in [0.3, 0.4) is 0 Å². The average Bonchev–Trinajstić information content (AvgIpc) is 3.12. The number of hydrogen-bond acceptors (Lipinski definition) is 5. The first kappa shape index (κ1) is 13.9. The van der Waals surface area contributed by atoms with Crippen LogP contribution in [0.1, 0.15) is 47.9 Å². The van der Waals surface area contributed by atoms with Crippen molar-refractivity contribution >= 4 is 11.3 Å². The van der Waals surface area contributed by atoms with E-state index in [1.807, 2.05) is 0 Å². The molecule has 1 aromatic heterocycles. The molecule has 1 unspecified atom stereocenters. The van der Waals surface area contributed by atoms with Gasteiger partial charge in [-0.05, 0) is 19.3 Å². The summed E-state index contributed by atoms with van der Waals surface area (Å²) in [5, 5.41) is 4.60. The van der Waals surface area contributed by atoms with E-state index in [0.29, 0.717) is 6.61 Å². The first-order valence-electron chi connectivity index (χ1n) is 6.52. The van der Waals surface area contributed by atoms with Crippen molar-refractivity contribution in [2.24, 2.45) is 0 Å². The van der Waals surface area contributed by atoms with Crippen molar-refractivity contribution in [3.05, 3.63) is 15.6 Å². The van der Waals surface area contributed by atoms with E-state index in [-0.39, 0.29) is 6.10 Å². The van der Waals surface area contributed by atoms with Crippen molar-refractivity contribution in [1.82, 2.24) is 10.3 Å². The molecule has 1 aliphatic rings. The van der Waals surface area contributed by atoms with Gasteiger partial charge < -0.3 is 14.8 Å². The largest absolute Gasteiger partial charge is 0.378 e. The van der Waals surface area contributed by atoms with Gasteiger partial charge >= 0.3 is 0 Å². The number of nitrogens with zero attached hydrogens (tertiary/aromatic N) is 1. The Kier molecular flexibility index (Phi) is 5.12. The molecule has 0 bridgehead atoms. The predicted octanol–water partition coefficient (Wildman–Crippen LogP) is 2.64. The maximum absolute atomic E-state index is 5.46. The molecule has 1 atom stereocenters. The average molecular weight is 270 g/mol. The highest BCUT2D eigenvalue weighted by Crippen LogP contribution is 2.29. The minimum absolute atomic E-state index is 0.111. The first-order chi connectivity index (χ1) is 8.78. The summed E-state index contributed by atoms with van der Waals surface area (Å²) >= 11 is 1.75. The maximum atomic E-state index is 5.46. The zero-order chi connectivity index (χ0) is 13.0. The highest BCUT2D eigenvalue weighted by Gasteiger charge is 2.22. The molecule has 18 heavy (non-hydrogen) atoms. The van der Waals surface area contributed by atoms with E-state index in [1.165, 1.54) is 17.7 Å². The van der Waals surface area contributed by atoms with Gasteiger partial charge in [-0.15, -0.1) is 11.3 Å². The van der Waals surface area contributed by atoms with Crippen molar-refractivity contribution in [1.29, 1.82) is 0 Å². The molecular formula is C13H22N2O2S. The molecular weight excluding hydrogens is 248 g/mol. The molecule has 2 rings (SSSR count). The van der Waals surface area contributed by atoms with E-state index < -0.39 is 0 Å². The standard InChI is InChI=1S/C13H22N2O2S/c1-4-11(17-3)13-15-10(8-16-2)12(18-13)7-14-9-5-6-9/h9,11,14H,4-8H2,1-3H3. The molecule has 5 heteroatoms. The van der Waals surface area contributed by atoms with Crippen molar-refractivity contribution in [3.63, 3.8) is 0 Å². The van der Waals surface area contributed by atoms with Gasteiger partial charge in [0.15, 0.2) is 0 Å². The van der Waals surface area contributed by atoms with E-state index in [0.717, 1.165) is 29.7 Å². The lowest BCUT2D eigenvalue weighted by Crippen LogP contribution is -2.15. The Bertz CT molecular complexity index is 373. The van der Waals surface area contributed by atoms with Gasteiger partial charge in [0.2, 0.25) is 0 Å². The normalized spacial score (nSPS) is 17.1. The number of aromatic nitrogens is 1. The van der Waals surface area contributed by atoms with Crippen LogP contribution >= 0.6 is 11.3 Å². The van der Waals surface area contributed by atoms with Crippen LogP contribution in [-0.2, 0) is 22.6 Å². The number of nitrogens with one attached hydrogen (secondary N) is 1. The molecule has 1 saturated carbocycles. The summed E-state index contributed by atoms with van der Waals surface area (Å²) < 4.78 is 10.7. The molecule has 0 aliphatic heterocycles. The monoisotopic (exact) mass is 270 g/mol. The number of thiazole rings is 1. The zero-order valence-electron chi connectivity index (χ0n) is 11.4. The molecule has 0 amide bonds. The molecule has 102 valence electrons. The first-order valence-corrected chi connectivity index (χ1v) is 7.33. The van der Waals surface area contributed by atoms with Crippen LogP contribution in [0.15, 0.2) is 0 Å². The van der Waals surface area contributed by atoms with E-state index in [2.05, 4.69) is 17.2 Å². The maximum Gasteiger partial charge on any atom is 0.122 e. The van der Waals surface area contributed by atoms with Gasteiger partial charge in [0.05, 0.1) is 12.3 Å². The second-order valence-corrected chi connectivity index (χ2v) is 5.76. The zero-order valence-corrected chi connectivity index (χ0v) is 12.2. The molecule has 1 N–H and O–H groups in total. The second-order valence-electron chi connectivity index (χ2n) is 4.64. The van der Waals surface area contributed by atoms with E-state index >= 15 is 0 Å². The van der Waals surface area contributed by atoms with Crippen LogP contribution in [0.4, 0.5) is 0 Å². The molecule has 0 spiro atoms. The predicted molar refractivity (Wildman–Crippen MR) is 72.7 cm³/mol. The molecule has 1 aromatic rings. The van der Waals surface area contributed by atoms with E-state index in [4.69, 9.17) is 9.47 Å². The summed E-state index contributed by atoms with van der Waals surface area (Å²) in [7, 11) is 3.46. The van der Waals surface area contributed by atoms with Crippen LogP contribution in [0.5, 0.6) is 0 Å². The quantitative estimate of drug-likeness (QED) is 0.788. The summed E-state index contributed by atoms with van der Waals surface area (Å²) in [6.07, 6.45) is 3.67. The Hall–Kier alpha value is -0.490. The number of ether oxygens (including phenoxy) is 2. The molecule has 0 saturated heterocycles. The molecule has 1 aliphatic carbocycles. The Morgan fingerprint density at radius 3 is 2.78 bits per heavy atom. The second kappa shape index (κ2) is 6.61. The van der Waals surface area contributed by atoms with Crippen LogP contribution in [0.25, 0.3) is 0 Å². The Morgan fingerprint density at radius 2 is 2.22 bits per heavy atom. The molecule has 1 heterocycles. The summed E-state index contributed by atoms with van der Waals surface area (Å²) in [6.45, 7) is 3.60. The van der Waals surface area contributed by atoms with Crippen molar-refractivity contribution in [3.8, 4) is 0 Å². The lowest BCUT2D eigenvalue weighted by molar-refractivity contribution is 0.0992. The third-order valence-corrected chi connectivity index (χ3v) is 4.32. The smallest absolute Gasteiger partial charge is 0.122 e. The summed E-state index contributed by atoms with van der Waals surface area (Å²) in [5.41, 5.74) is 1.06. The van der Waals surface area contributed by atoms with Crippen LogP contribution in [0.2, 0.25) is 0 Å². The van der Waals surface area contributed by atoms with Gasteiger partial charge in [0.1, 0.15) is 11.1 Å². The highest BCUT2D eigenvalue weighted by molar-refractivity contribution is 7.11. The molecule has 1 fully saturated rings. The fourth-order valence-corrected chi connectivity index (χ4v) is 3.08. The van der Waals surface area contributed by atoms with Crippen LogP contribution in [0, 0.1) is 0 Å². The van der Waals surface area contributed by atoms with E-state index in [1.54, 1.807) is 25.6 Å². The minimum atomic E-state index is 0.111. The van der Waals surface area contributed by atoms with Gasteiger partial charge in [-0.1, -0.05) is 6.92 Å². The van der Waals surface area contributed by atoms with Crippen LogP contribution in [-0.4, -0.2) is 25.2 Å². The topological polar surface area (TPSA) is 43.4 Å². The summed E-state index contributed by atoms with van der Waals surface area (Å²) in [4.78, 5) is 5.96. The summed E-state index contributed by atoms with van der Waals surface area (Å²) in [6, 6.07) is 0.718. The van der Waals surface area contributed by atoms with Gasteiger partial charge in [-0.3, -0.25) is 0 Å². The number of hydrogen-bond donors (Lipinski definition) is 1. The number of methoxy groups -OCH3 is 2. The van der Waals surface area contributed by atoms with Crippen LogP contribution < -0.4 is 5.32 Å². The molecule has 0 aromatic carbocycles. The van der Waals surface area contributed by atoms with Crippen molar-refractivity contribution in [2.45, 2.75) is 51.5 Å². The third-order valence-electron chi connectivity index (χ3n) is 3.14. The Morgan fingerprint density at radius 1 is 1.44 bits per heavy atom. The van der Waals surface area contributed by atoms with Gasteiger partial charge in [-0.25, -0.2) is 4.98 Å². The van der Waals surface area contributed by atoms with Gasteiger partial charge in [-0.2, -0.15) is 0 Å². The Labute approximate surface area is 113 Å². The fourth-order valence-electron chi connectivity index (χ4n) is 1.90. The van der Waals surface area contributed by atoms with Gasteiger partial charge in [0.25, 0.3) is 0 Å². The van der Waals surface area contributed by atoms with E-state index in [9.17, 15) is 0 Å². The third kappa shape index (κ3) is 3.51. The molecule has 4 nitrogen and oxygen atoms in total. The highest BCUT2D eigenvalue weighted by atomic mass is 32.1. The van der Waals surface area contributed by atoms with Crippen molar-refractivity contribution in [2.75, 3.05) is 14.2 Å². The Balaban J connectivity index is 2.08. The number of rotatable bonds is 8. The molecule has 0 radical (unpaired) electrons. The van der Waals surface area contributed by atoms with Gasteiger partial charge in [0, 0.05) is 31.7 Å². The fraction of sp³-hybridized carbons (Fsp3) is 0.769. The van der Waals surface area contributed by atoms with Crippen molar-refractivity contribution < 1.29 is 9.47 Å². The lowest BCUT2D eigenvalue weighted by Gasteiger charge is -2.08. The SMILES string of the molecule is CCC(OC)c1nc(COC)c(CNC2CC2)s1.